The fraction of sp³-hybridized carbons (Fsp3) is 0.312. The van der Waals surface area contributed by atoms with Crippen LogP contribution in [0.15, 0.2) is 36.4 Å². The molecule has 0 amide bonds. The third-order valence-corrected chi connectivity index (χ3v) is 4.04. The Morgan fingerprint density at radius 2 is 2.00 bits per heavy atom. The number of carbonyl (C=O) groups excluding carboxylic acids is 1. The molecule has 1 aliphatic rings. The van der Waals surface area contributed by atoms with Crippen LogP contribution in [0.3, 0.4) is 0 Å². The molecule has 0 N–H and O–H groups in total. The molecule has 1 fully saturated rings. The third kappa shape index (κ3) is 1.49. The lowest BCUT2D eigenvalue weighted by Crippen LogP contribution is -2.35. The number of carbonyl (C=O) groups is 1. The topological polar surface area (TPSA) is 17.1 Å². The van der Waals surface area contributed by atoms with Crippen LogP contribution in [0.25, 0.3) is 10.8 Å². The van der Waals surface area contributed by atoms with Crippen molar-refractivity contribution in [3.8, 4) is 0 Å². The minimum Gasteiger partial charge on any atom is -0.302 e. The number of hydrogen-bond donors (Lipinski definition) is 0. The van der Waals surface area contributed by atoms with Gasteiger partial charge in [0.15, 0.2) is 0 Å². The molecule has 1 heteroatoms. The number of rotatable bonds is 2. The Morgan fingerprint density at radius 1 is 1.18 bits per heavy atom. The molecule has 0 radical (unpaired) electrons. The van der Waals surface area contributed by atoms with E-state index in [1.54, 1.807) is 0 Å². The van der Waals surface area contributed by atoms with Gasteiger partial charge >= 0.3 is 0 Å². The standard InChI is InChI=1S/C16H16O/c1-12-6-7-14-13(10-12)4-2-5-15(14)16(11-17)8-3-9-16/h2,4-7,10-11H,3,8-9H2,1H3. The highest BCUT2D eigenvalue weighted by Gasteiger charge is 2.39. The highest BCUT2D eigenvalue weighted by Crippen LogP contribution is 2.44. The van der Waals surface area contributed by atoms with Crippen LogP contribution in [0.5, 0.6) is 0 Å². The summed E-state index contributed by atoms with van der Waals surface area (Å²) in [6.07, 6.45) is 4.33. The van der Waals surface area contributed by atoms with E-state index in [0.29, 0.717) is 0 Å². The van der Waals surface area contributed by atoms with Crippen LogP contribution in [0, 0.1) is 6.92 Å². The van der Waals surface area contributed by atoms with Crippen LogP contribution in [0.4, 0.5) is 0 Å². The van der Waals surface area contributed by atoms with Crippen molar-refractivity contribution >= 4 is 17.1 Å². The molecule has 2 aromatic rings. The van der Waals surface area contributed by atoms with Crippen LogP contribution < -0.4 is 0 Å². The quantitative estimate of drug-likeness (QED) is 0.710. The lowest BCUT2D eigenvalue weighted by molar-refractivity contribution is -0.115. The molecular weight excluding hydrogens is 208 g/mol. The molecule has 0 atom stereocenters. The van der Waals surface area contributed by atoms with Crippen molar-refractivity contribution in [3.63, 3.8) is 0 Å². The van der Waals surface area contributed by atoms with Gasteiger partial charge in [-0.15, -0.1) is 0 Å². The Kier molecular flexibility index (Phi) is 2.29. The smallest absolute Gasteiger partial charge is 0.130 e. The molecule has 0 saturated heterocycles. The summed E-state index contributed by atoms with van der Waals surface area (Å²) in [4.78, 5) is 11.4. The molecule has 0 aliphatic heterocycles. The van der Waals surface area contributed by atoms with E-state index in [1.807, 2.05) is 0 Å². The maximum absolute atomic E-state index is 11.4. The summed E-state index contributed by atoms with van der Waals surface area (Å²) < 4.78 is 0. The summed E-state index contributed by atoms with van der Waals surface area (Å²) in [7, 11) is 0. The second-order valence-electron chi connectivity index (χ2n) is 5.16. The van der Waals surface area contributed by atoms with E-state index >= 15 is 0 Å². The van der Waals surface area contributed by atoms with Crippen molar-refractivity contribution in [1.82, 2.24) is 0 Å². The molecule has 1 saturated carbocycles. The first kappa shape index (κ1) is 10.5. The number of fused-ring (bicyclic) bond motifs is 1. The van der Waals surface area contributed by atoms with Crippen molar-refractivity contribution < 1.29 is 4.79 Å². The van der Waals surface area contributed by atoms with Gasteiger partial charge in [0.25, 0.3) is 0 Å². The average molecular weight is 224 g/mol. The Hall–Kier alpha value is -1.63. The van der Waals surface area contributed by atoms with E-state index in [1.165, 1.54) is 28.3 Å². The van der Waals surface area contributed by atoms with Crippen molar-refractivity contribution in [2.45, 2.75) is 31.6 Å². The summed E-state index contributed by atoms with van der Waals surface area (Å²) in [5, 5.41) is 2.49. The van der Waals surface area contributed by atoms with Gasteiger partial charge < -0.3 is 4.79 Å². The maximum atomic E-state index is 11.4. The number of hydrogen-bond acceptors (Lipinski definition) is 1. The Labute approximate surface area is 101 Å². The normalized spacial score (nSPS) is 17.7. The largest absolute Gasteiger partial charge is 0.302 e. The van der Waals surface area contributed by atoms with Gasteiger partial charge in [0.1, 0.15) is 6.29 Å². The van der Waals surface area contributed by atoms with E-state index in [2.05, 4.69) is 43.3 Å². The van der Waals surface area contributed by atoms with Crippen molar-refractivity contribution in [2.75, 3.05) is 0 Å². The second kappa shape index (κ2) is 3.69. The molecular formula is C16H16O. The van der Waals surface area contributed by atoms with Gasteiger partial charge in [0.05, 0.1) is 5.41 Å². The lowest BCUT2D eigenvalue weighted by Gasteiger charge is -2.38. The van der Waals surface area contributed by atoms with E-state index in [-0.39, 0.29) is 5.41 Å². The van der Waals surface area contributed by atoms with Gasteiger partial charge in [0.2, 0.25) is 0 Å². The van der Waals surface area contributed by atoms with Gasteiger partial charge in [0, 0.05) is 0 Å². The van der Waals surface area contributed by atoms with Crippen LogP contribution in [-0.2, 0) is 10.2 Å². The Bertz CT molecular complexity index is 579. The zero-order chi connectivity index (χ0) is 11.9. The number of aryl methyl sites for hydroxylation is 1. The predicted octanol–water partition coefficient (Wildman–Crippen LogP) is 3.77. The molecule has 3 rings (SSSR count). The van der Waals surface area contributed by atoms with Gasteiger partial charge in [-0.2, -0.15) is 0 Å². The highest BCUT2D eigenvalue weighted by atomic mass is 16.1. The van der Waals surface area contributed by atoms with Crippen LogP contribution in [0.1, 0.15) is 30.4 Å². The molecule has 2 aromatic carbocycles. The van der Waals surface area contributed by atoms with Gasteiger partial charge in [-0.1, -0.05) is 48.4 Å². The summed E-state index contributed by atoms with van der Waals surface area (Å²) in [6, 6.07) is 12.8. The first-order valence-corrected chi connectivity index (χ1v) is 6.21. The first-order valence-electron chi connectivity index (χ1n) is 6.21. The molecule has 1 aliphatic carbocycles. The molecule has 0 unspecified atom stereocenters. The zero-order valence-corrected chi connectivity index (χ0v) is 10.1. The van der Waals surface area contributed by atoms with Gasteiger partial charge in [-0.3, -0.25) is 0 Å². The fourth-order valence-corrected chi connectivity index (χ4v) is 2.85. The van der Waals surface area contributed by atoms with Crippen LogP contribution >= 0.6 is 0 Å². The molecule has 86 valence electrons. The monoisotopic (exact) mass is 224 g/mol. The third-order valence-electron chi connectivity index (χ3n) is 4.04. The summed E-state index contributed by atoms with van der Waals surface area (Å²) >= 11 is 0. The summed E-state index contributed by atoms with van der Waals surface area (Å²) in [6.45, 7) is 2.10. The van der Waals surface area contributed by atoms with Crippen molar-refractivity contribution in [2.24, 2.45) is 0 Å². The molecule has 17 heavy (non-hydrogen) atoms. The zero-order valence-electron chi connectivity index (χ0n) is 10.1. The number of benzene rings is 2. The predicted molar refractivity (Wildman–Crippen MR) is 70.3 cm³/mol. The van der Waals surface area contributed by atoms with E-state index in [4.69, 9.17) is 0 Å². The SMILES string of the molecule is Cc1ccc2c(C3(C=O)CCC3)cccc2c1. The summed E-state index contributed by atoms with van der Waals surface area (Å²) in [5.74, 6) is 0. The van der Waals surface area contributed by atoms with Gasteiger partial charge in [-0.25, -0.2) is 0 Å². The first-order chi connectivity index (χ1) is 8.25. The van der Waals surface area contributed by atoms with E-state index in [9.17, 15) is 4.79 Å². The lowest BCUT2D eigenvalue weighted by atomic mass is 9.64. The highest BCUT2D eigenvalue weighted by molar-refractivity contribution is 5.91. The minimum atomic E-state index is -0.200. The van der Waals surface area contributed by atoms with Crippen molar-refractivity contribution in [1.29, 1.82) is 0 Å². The molecule has 0 bridgehead atoms. The molecule has 0 heterocycles. The van der Waals surface area contributed by atoms with Crippen molar-refractivity contribution in [3.05, 3.63) is 47.5 Å². The fourth-order valence-electron chi connectivity index (χ4n) is 2.85. The maximum Gasteiger partial charge on any atom is 0.130 e. The van der Waals surface area contributed by atoms with Crippen LogP contribution in [0.2, 0.25) is 0 Å². The number of aldehydes is 1. The average Bonchev–Trinajstić information content (AvgIpc) is 2.28. The molecule has 1 nitrogen and oxygen atoms in total. The van der Waals surface area contributed by atoms with Gasteiger partial charge in [-0.05, 0) is 36.1 Å². The second-order valence-corrected chi connectivity index (χ2v) is 5.16. The van der Waals surface area contributed by atoms with E-state index in [0.717, 1.165) is 19.1 Å². The molecule has 0 aromatic heterocycles. The molecule has 0 spiro atoms. The van der Waals surface area contributed by atoms with Crippen LogP contribution in [-0.4, -0.2) is 6.29 Å². The summed E-state index contributed by atoms with van der Waals surface area (Å²) in [5.41, 5.74) is 2.29. The Morgan fingerprint density at radius 3 is 2.65 bits per heavy atom. The minimum absolute atomic E-state index is 0.200. The van der Waals surface area contributed by atoms with E-state index < -0.39 is 0 Å². The Balaban J connectivity index is 2.26.